The number of amides is 2. The van der Waals surface area contributed by atoms with Crippen LogP contribution < -0.4 is 24.4 Å². The monoisotopic (exact) mass is 615 g/mol. The van der Waals surface area contributed by atoms with E-state index in [1.54, 1.807) is 43.3 Å². The van der Waals surface area contributed by atoms with Crippen LogP contribution >= 0.6 is 11.8 Å². The number of pyridine rings is 1. The molecule has 44 heavy (non-hydrogen) atoms. The van der Waals surface area contributed by atoms with E-state index in [9.17, 15) is 9.59 Å². The zero-order valence-corrected chi connectivity index (χ0v) is 26.6. The molecule has 4 aromatic rings. The number of nitrogens with zero attached hydrogens (tertiary/aromatic N) is 4. The predicted molar refractivity (Wildman–Crippen MR) is 171 cm³/mol. The van der Waals surface area contributed by atoms with Gasteiger partial charge >= 0.3 is 0 Å². The number of carbonyl (C=O) groups excluding carboxylic acids is 2. The lowest BCUT2D eigenvalue weighted by Crippen LogP contribution is -2.42. The molecule has 230 valence electrons. The van der Waals surface area contributed by atoms with Crippen molar-refractivity contribution in [3.63, 3.8) is 0 Å². The Labute approximate surface area is 261 Å². The number of rotatable bonds is 9. The van der Waals surface area contributed by atoms with Crippen LogP contribution in [0.15, 0.2) is 67.0 Å². The molecule has 1 aliphatic heterocycles. The van der Waals surface area contributed by atoms with E-state index in [2.05, 4.69) is 31.1 Å². The molecule has 1 atom stereocenters. The van der Waals surface area contributed by atoms with Gasteiger partial charge < -0.3 is 19.5 Å². The maximum atomic E-state index is 13.9. The molecule has 3 heterocycles. The van der Waals surface area contributed by atoms with E-state index in [0.29, 0.717) is 29.6 Å². The quantitative estimate of drug-likeness (QED) is 0.278. The second-order valence-electron chi connectivity index (χ2n) is 11.4. The van der Waals surface area contributed by atoms with E-state index in [4.69, 9.17) is 19.3 Å². The standard InChI is InChI=1S/C33H37N5O5S/c1-33(2,3)31-29-30(22-9-14-25(42-5)26(16-22)43-6)44-20-28(40)37(19-27(39)35-18-21-8-7-15-34-17-21)32(29)38(36-31)23-10-12-24(41-4)13-11-23/h7-17,30H,18-20H2,1-6H3,(H,35,39)/t30-/m0/s1. The number of fused-ring (bicyclic) bond motifs is 1. The predicted octanol–water partition coefficient (Wildman–Crippen LogP) is 5.08. The van der Waals surface area contributed by atoms with Crippen molar-refractivity contribution in [1.82, 2.24) is 20.1 Å². The molecule has 0 spiro atoms. The first-order chi connectivity index (χ1) is 21.1. The molecule has 0 saturated heterocycles. The van der Waals surface area contributed by atoms with Crippen LogP contribution in [0.3, 0.4) is 0 Å². The lowest BCUT2D eigenvalue weighted by atomic mass is 9.87. The Morgan fingerprint density at radius 3 is 2.41 bits per heavy atom. The largest absolute Gasteiger partial charge is 0.497 e. The van der Waals surface area contributed by atoms with Gasteiger partial charge in [0.05, 0.1) is 43.7 Å². The summed E-state index contributed by atoms with van der Waals surface area (Å²) in [5.74, 6) is 2.15. The van der Waals surface area contributed by atoms with Crippen molar-refractivity contribution in [2.45, 2.75) is 38.0 Å². The highest BCUT2D eigenvalue weighted by molar-refractivity contribution is 8.00. The SMILES string of the molecule is COc1ccc(-n2nc(C(C)(C)C)c3c2N(CC(=O)NCc2cccnc2)C(=O)CS[C@H]3c2ccc(OC)c(OC)c2)cc1. The molecule has 2 amide bonds. The number of ether oxygens (including phenoxy) is 3. The zero-order valence-electron chi connectivity index (χ0n) is 25.8. The van der Waals surface area contributed by atoms with Crippen LogP contribution in [0.25, 0.3) is 5.69 Å². The van der Waals surface area contributed by atoms with Gasteiger partial charge in [0, 0.05) is 29.9 Å². The number of thioether (sulfide) groups is 1. The Hall–Kier alpha value is -4.51. The van der Waals surface area contributed by atoms with Crippen LogP contribution in [0.2, 0.25) is 0 Å². The topological polar surface area (TPSA) is 108 Å². The Morgan fingerprint density at radius 2 is 1.77 bits per heavy atom. The minimum Gasteiger partial charge on any atom is -0.497 e. The van der Waals surface area contributed by atoms with Crippen molar-refractivity contribution in [2.24, 2.45) is 0 Å². The summed E-state index contributed by atoms with van der Waals surface area (Å²) in [4.78, 5) is 33.0. The van der Waals surface area contributed by atoms with Crippen molar-refractivity contribution in [1.29, 1.82) is 0 Å². The molecule has 1 N–H and O–H groups in total. The number of hydrogen-bond acceptors (Lipinski definition) is 8. The highest BCUT2D eigenvalue weighted by Crippen LogP contribution is 2.49. The van der Waals surface area contributed by atoms with E-state index < -0.39 is 5.41 Å². The summed E-state index contributed by atoms with van der Waals surface area (Å²) in [7, 11) is 4.82. The van der Waals surface area contributed by atoms with Gasteiger partial charge in [0.1, 0.15) is 18.1 Å². The highest BCUT2D eigenvalue weighted by atomic mass is 32.2. The van der Waals surface area contributed by atoms with E-state index in [1.807, 2.05) is 54.6 Å². The van der Waals surface area contributed by atoms with Gasteiger partial charge in [-0.15, -0.1) is 11.8 Å². The van der Waals surface area contributed by atoms with E-state index in [-0.39, 0.29) is 29.4 Å². The van der Waals surface area contributed by atoms with Crippen molar-refractivity contribution >= 4 is 29.4 Å². The third-order valence-electron chi connectivity index (χ3n) is 7.34. The minimum absolute atomic E-state index is 0.162. The normalized spacial score (nSPS) is 14.9. The summed E-state index contributed by atoms with van der Waals surface area (Å²) in [6.07, 6.45) is 3.39. The number of anilines is 1. The van der Waals surface area contributed by atoms with Gasteiger partial charge in [-0.25, -0.2) is 4.68 Å². The second kappa shape index (κ2) is 13.0. The van der Waals surface area contributed by atoms with Gasteiger partial charge in [-0.1, -0.05) is 32.9 Å². The fourth-order valence-electron chi connectivity index (χ4n) is 5.16. The fraction of sp³-hybridized carbons (Fsp3) is 0.333. The number of hydrogen-bond donors (Lipinski definition) is 1. The van der Waals surface area contributed by atoms with Crippen molar-refractivity contribution < 1.29 is 23.8 Å². The highest BCUT2D eigenvalue weighted by Gasteiger charge is 2.40. The average molecular weight is 616 g/mol. The van der Waals surface area contributed by atoms with Crippen LogP contribution in [0.4, 0.5) is 5.82 Å². The van der Waals surface area contributed by atoms with Crippen molar-refractivity contribution in [2.75, 3.05) is 38.5 Å². The van der Waals surface area contributed by atoms with Gasteiger partial charge in [0.25, 0.3) is 0 Å². The number of aromatic nitrogens is 3. The van der Waals surface area contributed by atoms with Gasteiger partial charge in [-0.05, 0) is 53.6 Å². The summed E-state index contributed by atoms with van der Waals surface area (Å²) >= 11 is 1.51. The molecule has 0 unspecified atom stereocenters. The maximum Gasteiger partial charge on any atom is 0.240 e. The first kappa shape index (κ1) is 30.9. The Balaban J connectivity index is 1.67. The molecule has 0 saturated carbocycles. The summed E-state index contributed by atoms with van der Waals surface area (Å²) in [6.45, 7) is 6.43. The third kappa shape index (κ3) is 6.37. The minimum atomic E-state index is -0.390. The van der Waals surface area contributed by atoms with E-state index >= 15 is 0 Å². The summed E-state index contributed by atoms with van der Waals surface area (Å²) in [6, 6.07) is 17.0. The summed E-state index contributed by atoms with van der Waals surface area (Å²) < 4.78 is 18.3. The number of benzene rings is 2. The Morgan fingerprint density at radius 1 is 1.02 bits per heavy atom. The van der Waals surface area contributed by atoms with Gasteiger partial charge in [0.2, 0.25) is 11.8 Å². The number of methoxy groups -OCH3 is 3. The Bertz CT molecular complexity index is 1630. The van der Waals surface area contributed by atoms with Gasteiger partial charge in [-0.2, -0.15) is 5.10 Å². The third-order valence-corrected chi connectivity index (χ3v) is 8.60. The smallest absolute Gasteiger partial charge is 0.240 e. The molecule has 5 rings (SSSR count). The molecule has 0 aliphatic carbocycles. The molecule has 2 aromatic carbocycles. The van der Waals surface area contributed by atoms with E-state index in [1.165, 1.54) is 11.8 Å². The van der Waals surface area contributed by atoms with Gasteiger partial charge in [0.15, 0.2) is 11.5 Å². The first-order valence-electron chi connectivity index (χ1n) is 14.2. The van der Waals surface area contributed by atoms with Crippen LogP contribution in [-0.2, 0) is 21.5 Å². The molecule has 2 aromatic heterocycles. The van der Waals surface area contributed by atoms with Crippen LogP contribution in [-0.4, -0.2) is 60.2 Å². The molecule has 10 nitrogen and oxygen atoms in total. The molecule has 1 aliphatic rings. The second-order valence-corrected chi connectivity index (χ2v) is 12.5. The molecule has 0 fully saturated rings. The molecule has 0 bridgehead atoms. The maximum absolute atomic E-state index is 13.9. The average Bonchev–Trinajstić information content (AvgIpc) is 3.37. The molecular formula is C33H37N5O5S. The van der Waals surface area contributed by atoms with Crippen molar-refractivity contribution in [3.8, 4) is 22.9 Å². The lowest BCUT2D eigenvalue weighted by Gasteiger charge is -2.25. The molecular weight excluding hydrogens is 578 g/mol. The van der Waals surface area contributed by atoms with Crippen molar-refractivity contribution in [3.05, 3.63) is 89.4 Å². The fourth-order valence-corrected chi connectivity index (χ4v) is 6.35. The zero-order chi connectivity index (χ0) is 31.4. The van der Waals surface area contributed by atoms with Crippen LogP contribution in [0.5, 0.6) is 17.2 Å². The molecule has 11 heteroatoms. The number of nitrogens with one attached hydrogen (secondary N) is 1. The van der Waals surface area contributed by atoms with Crippen LogP contribution in [0, 0.1) is 0 Å². The summed E-state index contributed by atoms with van der Waals surface area (Å²) in [5, 5.41) is 7.81. The van der Waals surface area contributed by atoms with E-state index in [0.717, 1.165) is 28.1 Å². The lowest BCUT2D eigenvalue weighted by molar-refractivity contribution is -0.123. The van der Waals surface area contributed by atoms with Crippen LogP contribution in [0.1, 0.15) is 48.4 Å². The first-order valence-corrected chi connectivity index (χ1v) is 15.3. The summed E-state index contributed by atoms with van der Waals surface area (Å²) in [5.41, 5.74) is 3.85. The molecule has 0 radical (unpaired) electrons. The van der Waals surface area contributed by atoms with Gasteiger partial charge in [-0.3, -0.25) is 19.5 Å². The Kier molecular flexibility index (Phi) is 9.14. The number of carbonyl (C=O) groups is 2.